The van der Waals surface area contributed by atoms with Gasteiger partial charge >= 0.3 is 0 Å². The molecule has 3 nitrogen and oxygen atoms in total. The van der Waals surface area contributed by atoms with Crippen molar-refractivity contribution in [2.75, 3.05) is 0 Å². The average molecular weight is 303 g/mol. The van der Waals surface area contributed by atoms with Gasteiger partial charge in [-0.05, 0) is 18.2 Å². The third-order valence-corrected chi connectivity index (χ3v) is 3.51. The summed E-state index contributed by atoms with van der Waals surface area (Å²) in [5.74, 6) is 0. The van der Waals surface area contributed by atoms with Gasteiger partial charge in [0.05, 0.1) is 20.6 Å². The van der Waals surface area contributed by atoms with E-state index < -0.39 is 5.56 Å². The number of carbonyl (C=O) groups excluding carboxylic acids is 1. The predicted octanol–water partition coefficient (Wildman–Crippen LogP) is 3.81. The molecule has 0 radical (unpaired) electrons. The summed E-state index contributed by atoms with van der Waals surface area (Å²) in [5.41, 5.74) is 0.530. The van der Waals surface area contributed by atoms with Gasteiger partial charge in [-0.2, -0.15) is 0 Å². The maximum absolute atomic E-state index is 11.3. The van der Waals surface area contributed by atoms with Crippen LogP contribution in [-0.2, 0) is 0 Å². The molecule has 0 aliphatic carbocycles. The molecule has 18 heavy (non-hydrogen) atoms. The topological polar surface area (TPSA) is 49.9 Å². The van der Waals surface area contributed by atoms with Crippen LogP contribution in [0.25, 0.3) is 11.1 Å². The first-order valence-electron chi connectivity index (χ1n) is 4.86. The Hall–Kier alpha value is -1.29. The summed E-state index contributed by atoms with van der Waals surface area (Å²) in [6.45, 7) is 0. The van der Waals surface area contributed by atoms with Crippen LogP contribution in [0.5, 0.6) is 0 Å². The summed E-state index contributed by atoms with van der Waals surface area (Å²) < 4.78 is 0. The van der Waals surface area contributed by atoms with Crippen LogP contribution in [0.2, 0.25) is 15.1 Å². The van der Waals surface area contributed by atoms with Crippen molar-refractivity contribution in [1.82, 2.24) is 4.98 Å². The Kier molecular flexibility index (Phi) is 3.76. The van der Waals surface area contributed by atoms with Crippen molar-refractivity contribution in [3.05, 3.63) is 55.4 Å². The number of nitrogens with one attached hydrogen (secondary N) is 1. The number of aromatic nitrogens is 1. The summed E-state index contributed by atoms with van der Waals surface area (Å²) in [4.78, 5) is 24.5. The zero-order valence-corrected chi connectivity index (χ0v) is 11.1. The van der Waals surface area contributed by atoms with Crippen LogP contribution in [0, 0.1) is 0 Å². The molecule has 0 aliphatic heterocycles. The van der Waals surface area contributed by atoms with Gasteiger partial charge in [-0.25, -0.2) is 0 Å². The number of hydrogen-bond acceptors (Lipinski definition) is 2. The molecule has 0 saturated carbocycles. The minimum Gasteiger partial charge on any atom is -0.328 e. The molecule has 0 unspecified atom stereocenters. The number of rotatable bonds is 2. The Balaban J connectivity index is 2.73. The first kappa shape index (κ1) is 13.1. The summed E-state index contributed by atoms with van der Waals surface area (Å²) in [6, 6.07) is 4.58. The Morgan fingerprint density at radius 3 is 2.44 bits per heavy atom. The van der Waals surface area contributed by atoms with E-state index in [-0.39, 0.29) is 10.6 Å². The summed E-state index contributed by atoms with van der Waals surface area (Å²) in [7, 11) is 0. The van der Waals surface area contributed by atoms with Crippen LogP contribution < -0.4 is 5.56 Å². The van der Waals surface area contributed by atoms with Gasteiger partial charge in [-0.15, -0.1) is 0 Å². The lowest BCUT2D eigenvalue weighted by molar-refractivity contribution is 0.112. The van der Waals surface area contributed by atoms with Crippen molar-refractivity contribution in [2.24, 2.45) is 0 Å². The van der Waals surface area contributed by atoms with Crippen molar-refractivity contribution in [3.63, 3.8) is 0 Å². The number of hydrogen-bond donors (Lipinski definition) is 1. The molecule has 92 valence electrons. The fourth-order valence-corrected chi connectivity index (χ4v) is 2.27. The average Bonchev–Trinajstić information content (AvgIpc) is 2.36. The molecule has 0 saturated heterocycles. The highest BCUT2D eigenvalue weighted by Gasteiger charge is 2.13. The minimum atomic E-state index is -0.469. The van der Waals surface area contributed by atoms with E-state index in [1.165, 1.54) is 12.3 Å². The monoisotopic (exact) mass is 301 g/mol. The molecule has 0 spiro atoms. The zero-order valence-electron chi connectivity index (χ0n) is 8.84. The molecule has 0 bridgehead atoms. The van der Waals surface area contributed by atoms with Gasteiger partial charge in [0, 0.05) is 17.3 Å². The fourth-order valence-electron chi connectivity index (χ4n) is 1.52. The molecule has 0 amide bonds. The van der Waals surface area contributed by atoms with Crippen molar-refractivity contribution >= 4 is 41.1 Å². The lowest BCUT2D eigenvalue weighted by Crippen LogP contribution is -2.10. The van der Waals surface area contributed by atoms with E-state index in [2.05, 4.69) is 4.98 Å². The van der Waals surface area contributed by atoms with Gasteiger partial charge in [0.15, 0.2) is 6.29 Å². The lowest BCUT2D eigenvalue weighted by atomic mass is 10.1. The highest BCUT2D eigenvalue weighted by Crippen LogP contribution is 2.38. The van der Waals surface area contributed by atoms with Gasteiger partial charge in [0.2, 0.25) is 0 Å². The van der Waals surface area contributed by atoms with Crippen LogP contribution in [0.1, 0.15) is 10.4 Å². The second-order valence-electron chi connectivity index (χ2n) is 3.51. The molecule has 0 atom stereocenters. The normalized spacial score (nSPS) is 10.4. The summed E-state index contributed by atoms with van der Waals surface area (Å²) in [6.07, 6.45) is 1.90. The number of aromatic amines is 1. The maximum Gasteiger partial charge on any atom is 0.258 e. The number of benzene rings is 1. The second-order valence-corrected chi connectivity index (χ2v) is 4.70. The molecule has 6 heteroatoms. The smallest absolute Gasteiger partial charge is 0.258 e. The third-order valence-electron chi connectivity index (χ3n) is 2.39. The number of halogens is 3. The molecule has 1 heterocycles. The van der Waals surface area contributed by atoms with Crippen LogP contribution in [0.3, 0.4) is 0 Å². The molecule has 1 aromatic heterocycles. The van der Waals surface area contributed by atoms with Crippen LogP contribution in [0.4, 0.5) is 0 Å². The third kappa shape index (κ3) is 2.29. The van der Waals surface area contributed by atoms with Gasteiger partial charge in [-0.1, -0.05) is 34.8 Å². The van der Waals surface area contributed by atoms with Crippen molar-refractivity contribution in [3.8, 4) is 11.1 Å². The van der Waals surface area contributed by atoms with Gasteiger partial charge in [-0.3, -0.25) is 9.59 Å². The molecule has 1 N–H and O–H groups in total. The highest BCUT2D eigenvalue weighted by molar-refractivity contribution is 6.46. The molecule has 1 aromatic carbocycles. The molecule has 2 aromatic rings. The number of aldehydes is 1. The molecular weight excluding hydrogens is 296 g/mol. The van der Waals surface area contributed by atoms with Gasteiger partial charge in [0.25, 0.3) is 5.56 Å². The first-order chi connectivity index (χ1) is 8.54. The van der Waals surface area contributed by atoms with E-state index >= 15 is 0 Å². The first-order valence-corrected chi connectivity index (χ1v) is 5.99. The summed E-state index contributed by atoms with van der Waals surface area (Å²) in [5, 5.41) is 0.997. The molecule has 2 rings (SSSR count). The summed E-state index contributed by atoms with van der Waals surface area (Å²) >= 11 is 18.0. The minimum absolute atomic E-state index is 0.000362. The van der Waals surface area contributed by atoms with Crippen molar-refractivity contribution in [1.29, 1.82) is 0 Å². The standard InChI is InChI=1S/C12H6Cl3NO2/c13-8-1-2-9(14)11(15)10(8)6-3-7(5-17)12(18)16-4-6/h1-5H,(H,16,18). The second kappa shape index (κ2) is 5.14. The molecule has 0 fully saturated rings. The van der Waals surface area contributed by atoms with Crippen LogP contribution in [0.15, 0.2) is 29.2 Å². The fraction of sp³-hybridized carbons (Fsp3) is 0. The number of carbonyl (C=O) groups is 1. The van der Waals surface area contributed by atoms with E-state index in [0.717, 1.165) is 0 Å². The quantitative estimate of drug-likeness (QED) is 0.677. The Morgan fingerprint density at radius 2 is 1.78 bits per heavy atom. The van der Waals surface area contributed by atoms with E-state index in [0.29, 0.717) is 27.5 Å². The maximum atomic E-state index is 11.3. The predicted molar refractivity (Wildman–Crippen MR) is 72.9 cm³/mol. The Morgan fingerprint density at radius 1 is 1.11 bits per heavy atom. The van der Waals surface area contributed by atoms with E-state index in [1.54, 1.807) is 12.1 Å². The lowest BCUT2D eigenvalue weighted by Gasteiger charge is -2.08. The van der Waals surface area contributed by atoms with Gasteiger partial charge < -0.3 is 4.98 Å². The number of H-pyrrole nitrogens is 1. The van der Waals surface area contributed by atoms with Crippen LogP contribution in [-0.4, -0.2) is 11.3 Å². The van der Waals surface area contributed by atoms with E-state index in [4.69, 9.17) is 34.8 Å². The SMILES string of the molecule is O=Cc1cc(-c2c(Cl)ccc(Cl)c2Cl)c[nH]c1=O. The van der Waals surface area contributed by atoms with Crippen LogP contribution >= 0.6 is 34.8 Å². The highest BCUT2D eigenvalue weighted by atomic mass is 35.5. The Bertz CT molecular complexity index is 680. The van der Waals surface area contributed by atoms with Crippen molar-refractivity contribution < 1.29 is 4.79 Å². The van der Waals surface area contributed by atoms with Crippen molar-refractivity contribution in [2.45, 2.75) is 0 Å². The van der Waals surface area contributed by atoms with Gasteiger partial charge in [0.1, 0.15) is 0 Å². The molecular formula is C12H6Cl3NO2. The van der Waals surface area contributed by atoms with E-state index in [9.17, 15) is 9.59 Å². The zero-order chi connectivity index (χ0) is 13.3. The molecule has 0 aliphatic rings. The number of pyridine rings is 1. The largest absolute Gasteiger partial charge is 0.328 e. The van der Waals surface area contributed by atoms with E-state index in [1.807, 2.05) is 0 Å². The Labute approximate surface area is 117 Å².